The van der Waals surface area contributed by atoms with Crippen LogP contribution in [0.3, 0.4) is 0 Å². The second-order valence-corrected chi connectivity index (χ2v) is 3.09. The first-order valence-corrected chi connectivity index (χ1v) is 3.94. The number of rotatable bonds is 0. The molecule has 0 bridgehead atoms. The highest BCUT2D eigenvalue weighted by Gasteiger charge is 2.18. The highest BCUT2D eigenvalue weighted by molar-refractivity contribution is 5.78. The molecule has 2 aliphatic carbocycles. The molecule has 11 heavy (non-hydrogen) atoms. The predicted octanol–water partition coefficient (Wildman–Crippen LogP) is 0.817. The number of hydrogen-bond donors (Lipinski definition) is 0. The van der Waals surface area contributed by atoms with Gasteiger partial charge in [-0.2, -0.15) is 0 Å². The molecule has 0 radical (unpaired) electrons. The molecule has 0 amide bonds. The van der Waals surface area contributed by atoms with Crippen LogP contribution >= 0.6 is 0 Å². The topological polar surface area (TPSA) is 0 Å². The molecule has 1 aromatic rings. The molecule has 1 atom stereocenters. The Hall–Kier alpha value is -1.30. The van der Waals surface area contributed by atoms with E-state index in [4.69, 9.17) is 0 Å². The van der Waals surface area contributed by atoms with Crippen molar-refractivity contribution < 1.29 is 0 Å². The number of allylic oxidation sites excluding steroid dienone is 2. The smallest absolute Gasteiger partial charge is 0.0216 e. The van der Waals surface area contributed by atoms with E-state index in [9.17, 15) is 0 Å². The lowest BCUT2D eigenvalue weighted by Gasteiger charge is -2.13. The SMILES string of the molecule is C1=CC2C=c3ccccc3=C12. The Morgan fingerprint density at radius 3 is 2.82 bits per heavy atom. The van der Waals surface area contributed by atoms with E-state index in [1.54, 1.807) is 0 Å². The zero-order valence-corrected chi connectivity index (χ0v) is 6.12. The first kappa shape index (κ1) is 5.36. The number of benzene rings is 1. The predicted molar refractivity (Wildman–Crippen MR) is 46.2 cm³/mol. The van der Waals surface area contributed by atoms with Gasteiger partial charge in [0.25, 0.3) is 0 Å². The van der Waals surface area contributed by atoms with Gasteiger partial charge in [0.05, 0.1) is 0 Å². The molecule has 0 saturated heterocycles. The lowest BCUT2D eigenvalue weighted by atomic mass is 9.91. The molecule has 1 aromatic carbocycles. The molecule has 0 aliphatic heterocycles. The summed E-state index contributed by atoms with van der Waals surface area (Å²) in [6.07, 6.45) is 6.78. The Balaban J connectivity index is 2.57. The molecule has 3 rings (SSSR count). The third-order valence-corrected chi connectivity index (χ3v) is 2.47. The van der Waals surface area contributed by atoms with E-state index in [0.29, 0.717) is 5.92 Å². The first-order valence-electron chi connectivity index (χ1n) is 3.94. The molecule has 0 heteroatoms. The summed E-state index contributed by atoms with van der Waals surface area (Å²) in [4.78, 5) is 0. The van der Waals surface area contributed by atoms with Crippen molar-refractivity contribution in [3.8, 4) is 0 Å². The van der Waals surface area contributed by atoms with E-state index in [0.717, 1.165) is 0 Å². The van der Waals surface area contributed by atoms with Gasteiger partial charge in [0.1, 0.15) is 0 Å². The molecule has 0 fully saturated rings. The van der Waals surface area contributed by atoms with Gasteiger partial charge in [-0.25, -0.2) is 0 Å². The Kier molecular flexibility index (Phi) is 0.803. The first-order chi connectivity index (χ1) is 5.45. The van der Waals surface area contributed by atoms with Crippen LogP contribution in [-0.4, -0.2) is 0 Å². The second-order valence-electron chi connectivity index (χ2n) is 3.09. The molecular formula is C11H8. The number of fused-ring (bicyclic) bond motifs is 2. The summed E-state index contributed by atoms with van der Waals surface area (Å²) >= 11 is 0. The molecular weight excluding hydrogens is 132 g/mol. The van der Waals surface area contributed by atoms with Crippen molar-refractivity contribution in [3.05, 3.63) is 46.9 Å². The van der Waals surface area contributed by atoms with Gasteiger partial charge in [0.15, 0.2) is 0 Å². The van der Waals surface area contributed by atoms with E-state index < -0.39 is 0 Å². The normalized spacial score (nSPS) is 23.6. The summed E-state index contributed by atoms with van der Waals surface area (Å²) in [6.45, 7) is 0. The molecule has 0 aromatic heterocycles. The van der Waals surface area contributed by atoms with Gasteiger partial charge in [-0.15, -0.1) is 0 Å². The third-order valence-electron chi connectivity index (χ3n) is 2.47. The summed E-state index contributed by atoms with van der Waals surface area (Å²) in [6, 6.07) is 8.59. The summed E-state index contributed by atoms with van der Waals surface area (Å²) in [5, 5.41) is 2.83. The summed E-state index contributed by atoms with van der Waals surface area (Å²) in [7, 11) is 0. The van der Waals surface area contributed by atoms with Gasteiger partial charge in [0, 0.05) is 5.92 Å². The lowest BCUT2D eigenvalue weighted by Crippen LogP contribution is -2.21. The lowest BCUT2D eigenvalue weighted by molar-refractivity contribution is 1.13. The number of hydrogen-bond acceptors (Lipinski definition) is 0. The van der Waals surface area contributed by atoms with Crippen LogP contribution in [0.5, 0.6) is 0 Å². The molecule has 2 aliphatic rings. The van der Waals surface area contributed by atoms with Crippen LogP contribution < -0.4 is 10.4 Å². The average molecular weight is 140 g/mol. The van der Waals surface area contributed by atoms with E-state index in [1.807, 2.05) is 0 Å². The van der Waals surface area contributed by atoms with Gasteiger partial charge in [-0.1, -0.05) is 42.5 Å². The van der Waals surface area contributed by atoms with Crippen molar-refractivity contribution in [1.29, 1.82) is 0 Å². The van der Waals surface area contributed by atoms with Crippen LogP contribution in [-0.2, 0) is 0 Å². The van der Waals surface area contributed by atoms with Crippen molar-refractivity contribution in [1.82, 2.24) is 0 Å². The highest BCUT2D eigenvalue weighted by Crippen LogP contribution is 2.27. The Morgan fingerprint density at radius 2 is 2.00 bits per heavy atom. The van der Waals surface area contributed by atoms with Crippen LogP contribution in [0.4, 0.5) is 0 Å². The van der Waals surface area contributed by atoms with Crippen LogP contribution in [0.1, 0.15) is 0 Å². The van der Waals surface area contributed by atoms with Crippen LogP contribution in [0.2, 0.25) is 0 Å². The van der Waals surface area contributed by atoms with Gasteiger partial charge in [-0.3, -0.25) is 0 Å². The molecule has 0 heterocycles. The van der Waals surface area contributed by atoms with Crippen molar-refractivity contribution in [2.45, 2.75) is 0 Å². The Labute approximate surface area is 65.2 Å². The Morgan fingerprint density at radius 1 is 1.09 bits per heavy atom. The summed E-state index contributed by atoms with van der Waals surface area (Å²) < 4.78 is 0. The minimum absolute atomic E-state index is 0.632. The minimum atomic E-state index is 0.632. The van der Waals surface area contributed by atoms with E-state index in [1.165, 1.54) is 16.0 Å². The monoisotopic (exact) mass is 140 g/mol. The maximum absolute atomic E-state index is 2.32. The molecule has 0 saturated carbocycles. The van der Waals surface area contributed by atoms with E-state index in [2.05, 4.69) is 42.5 Å². The molecule has 52 valence electrons. The standard InChI is InChI=1S/C11H8/c1-2-4-10-8(3-1)7-9-5-6-11(9)10/h1-7,9H. The van der Waals surface area contributed by atoms with Crippen LogP contribution in [0.15, 0.2) is 36.4 Å². The fourth-order valence-corrected chi connectivity index (χ4v) is 1.82. The quantitative estimate of drug-likeness (QED) is 0.500. The minimum Gasteiger partial charge on any atom is -0.0729 e. The highest BCUT2D eigenvalue weighted by atomic mass is 14.2. The fourth-order valence-electron chi connectivity index (χ4n) is 1.82. The van der Waals surface area contributed by atoms with Crippen LogP contribution in [0, 0.1) is 5.92 Å². The maximum Gasteiger partial charge on any atom is 0.0216 e. The second kappa shape index (κ2) is 1.65. The summed E-state index contributed by atoms with van der Waals surface area (Å²) in [5.74, 6) is 0.632. The van der Waals surface area contributed by atoms with Gasteiger partial charge >= 0.3 is 0 Å². The largest absolute Gasteiger partial charge is 0.0729 e. The van der Waals surface area contributed by atoms with Crippen LogP contribution in [0.25, 0.3) is 11.6 Å². The van der Waals surface area contributed by atoms with Gasteiger partial charge in [-0.05, 0) is 16.0 Å². The molecule has 0 nitrogen and oxygen atoms in total. The van der Waals surface area contributed by atoms with Gasteiger partial charge in [0.2, 0.25) is 0 Å². The molecule has 0 spiro atoms. The van der Waals surface area contributed by atoms with E-state index >= 15 is 0 Å². The molecule has 1 unspecified atom stereocenters. The van der Waals surface area contributed by atoms with E-state index in [-0.39, 0.29) is 0 Å². The zero-order chi connectivity index (χ0) is 7.26. The van der Waals surface area contributed by atoms with Crippen molar-refractivity contribution in [2.24, 2.45) is 5.92 Å². The zero-order valence-electron chi connectivity index (χ0n) is 6.12. The van der Waals surface area contributed by atoms with Crippen molar-refractivity contribution >= 4 is 11.6 Å². The average Bonchev–Trinajstić information content (AvgIpc) is 2.23. The van der Waals surface area contributed by atoms with Crippen molar-refractivity contribution in [2.75, 3.05) is 0 Å². The summed E-state index contributed by atoms with van der Waals surface area (Å²) in [5.41, 5.74) is 1.50. The molecule has 0 N–H and O–H groups in total. The Bertz CT molecular complexity index is 449. The third kappa shape index (κ3) is 0.548. The maximum atomic E-state index is 2.32. The fraction of sp³-hybridized carbons (Fsp3) is 0.0909. The van der Waals surface area contributed by atoms with Gasteiger partial charge < -0.3 is 0 Å². The van der Waals surface area contributed by atoms with Crippen molar-refractivity contribution in [3.63, 3.8) is 0 Å².